The standard InChI is InChI=1S/C12H20N4O/c1-3-16(8-7-12(13)15-17)9-11-6-4-5-10(2)14-11/h4-6,17H,3,7-9H2,1-2H3,(H2,13,15). The SMILES string of the molecule is CCN(CC/C(N)=N/O)Cc1cccc(C)n1. The van der Waals surface area contributed by atoms with E-state index in [9.17, 15) is 0 Å². The predicted octanol–water partition coefficient (Wildman–Crippen LogP) is 1.35. The van der Waals surface area contributed by atoms with E-state index >= 15 is 0 Å². The van der Waals surface area contributed by atoms with Crippen molar-refractivity contribution in [1.82, 2.24) is 9.88 Å². The van der Waals surface area contributed by atoms with Crippen LogP contribution in [0.3, 0.4) is 0 Å². The second kappa shape index (κ2) is 6.85. The first-order valence-corrected chi connectivity index (χ1v) is 5.77. The average molecular weight is 236 g/mol. The van der Waals surface area contributed by atoms with Crippen LogP contribution in [-0.2, 0) is 6.54 Å². The fraction of sp³-hybridized carbons (Fsp3) is 0.500. The summed E-state index contributed by atoms with van der Waals surface area (Å²) >= 11 is 0. The largest absolute Gasteiger partial charge is 0.409 e. The number of hydrogen-bond donors (Lipinski definition) is 2. The summed E-state index contributed by atoms with van der Waals surface area (Å²) in [6.45, 7) is 6.53. The number of rotatable bonds is 6. The average Bonchev–Trinajstić information content (AvgIpc) is 2.34. The summed E-state index contributed by atoms with van der Waals surface area (Å²) in [6.07, 6.45) is 0.566. The van der Waals surface area contributed by atoms with E-state index in [0.29, 0.717) is 6.42 Å². The summed E-state index contributed by atoms with van der Waals surface area (Å²) in [7, 11) is 0. The molecule has 0 saturated carbocycles. The fourth-order valence-corrected chi connectivity index (χ4v) is 1.59. The zero-order chi connectivity index (χ0) is 12.7. The number of hydrogen-bond acceptors (Lipinski definition) is 4. The molecule has 0 unspecified atom stereocenters. The number of aryl methyl sites for hydroxylation is 1. The van der Waals surface area contributed by atoms with Crippen LogP contribution in [0.1, 0.15) is 24.7 Å². The molecule has 1 rings (SSSR count). The van der Waals surface area contributed by atoms with Crippen LogP contribution in [0, 0.1) is 6.92 Å². The Balaban J connectivity index is 2.52. The van der Waals surface area contributed by atoms with Crippen molar-refractivity contribution >= 4 is 5.84 Å². The molecule has 17 heavy (non-hydrogen) atoms. The van der Waals surface area contributed by atoms with Gasteiger partial charge in [0.15, 0.2) is 0 Å². The van der Waals surface area contributed by atoms with Gasteiger partial charge in [0.1, 0.15) is 5.84 Å². The molecule has 5 heteroatoms. The van der Waals surface area contributed by atoms with Crippen molar-refractivity contribution in [3.05, 3.63) is 29.6 Å². The van der Waals surface area contributed by atoms with E-state index in [-0.39, 0.29) is 5.84 Å². The van der Waals surface area contributed by atoms with Crippen molar-refractivity contribution in [2.45, 2.75) is 26.8 Å². The molecule has 0 aliphatic rings. The van der Waals surface area contributed by atoms with Gasteiger partial charge >= 0.3 is 0 Å². The zero-order valence-corrected chi connectivity index (χ0v) is 10.4. The van der Waals surface area contributed by atoms with Crippen LogP contribution < -0.4 is 5.73 Å². The molecule has 0 aliphatic heterocycles. The third-order valence-corrected chi connectivity index (χ3v) is 2.59. The van der Waals surface area contributed by atoms with E-state index in [1.807, 2.05) is 25.1 Å². The number of pyridine rings is 1. The molecule has 0 atom stereocenters. The molecule has 1 heterocycles. The highest BCUT2D eigenvalue weighted by atomic mass is 16.4. The van der Waals surface area contributed by atoms with Gasteiger partial charge in [-0.25, -0.2) is 0 Å². The highest BCUT2D eigenvalue weighted by Crippen LogP contribution is 2.03. The molecule has 0 amide bonds. The molecule has 3 N–H and O–H groups in total. The van der Waals surface area contributed by atoms with Gasteiger partial charge in [0, 0.05) is 25.2 Å². The second-order valence-corrected chi connectivity index (χ2v) is 3.98. The Labute approximate surface area is 102 Å². The smallest absolute Gasteiger partial charge is 0.140 e. The number of oxime groups is 1. The lowest BCUT2D eigenvalue weighted by atomic mass is 10.2. The Morgan fingerprint density at radius 3 is 2.88 bits per heavy atom. The van der Waals surface area contributed by atoms with Crippen LogP contribution >= 0.6 is 0 Å². The van der Waals surface area contributed by atoms with Crippen molar-refractivity contribution in [3.8, 4) is 0 Å². The zero-order valence-electron chi connectivity index (χ0n) is 10.4. The van der Waals surface area contributed by atoms with E-state index in [0.717, 1.165) is 31.0 Å². The van der Waals surface area contributed by atoms with Crippen molar-refractivity contribution in [2.24, 2.45) is 10.9 Å². The molecular formula is C12H20N4O. The summed E-state index contributed by atoms with van der Waals surface area (Å²) in [5.41, 5.74) is 7.52. The molecule has 0 bridgehead atoms. The van der Waals surface area contributed by atoms with E-state index < -0.39 is 0 Å². The number of nitrogens with two attached hydrogens (primary N) is 1. The molecule has 94 valence electrons. The van der Waals surface area contributed by atoms with E-state index in [2.05, 4.69) is 22.0 Å². The lowest BCUT2D eigenvalue weighted by Gasteiger charge is -2.19. The maximum absolute atomic E-state index is 8.48. The number of amidine groups is 1. The molecule has 0 spiro atoms. The highest BCUT2D eigenvalue weighted by molar-refractivity contribution is 5.79. The van der Waals surface area contributed by atoms with E-state index in [1.165, 1.54) is 0 Å². The Bertz CT molecular complexity index is 379. The normalized spacial score (nSPS) is 12.1. The monoisotopic (exact) mass is 236 g/mol. The topological polar surface area (TPSA) is 74.7 Å². The first-order valence-electron chi connectivity index (χ1n) is 5.77. The maximum atomic E-state index is 8.48. The third kappa shape index (κ3) is 4.82. The van der Waals surface area contributed by atoms with Gasteiger partial charge in [-0.3, -0.25) is 9.88 Å². The quantitative estimate of drug-likeness (QED) is 0.338. The molecule has 0 saturated heterocycles. The summed E-state index contributed by atoms with van der Waals surface area (Å²) in [5, 5.41) is 11.4. The molecule has 0 fully saturated rings. The maximum Gasteiger partial charge on any atom is 0.140 e. The van der Waals surface area contributed by atoms with Crippen LogP contribution in [0.4, 0.5) is 0 Å². The lowest BCUT2D eigenvalue weighted by molar-refractivity contribution is 0.280. The van der Waals surface area contributed by atoms with Gasteiger partial charge in [-0.15, -0.1) is 0 Å². The Morgan fingerprint density at radius 1 is 1.53 bits per heavy atom. The van der Waals surface area contributed by atoms with Crippen molar-refractivity contribution < 1.29 is 5.21 Å². The van der Waals surface area contributed by atoms with Gasteiger partial charge in [-0.2, -0.15) is 0 Å². The minimum atomic E-state index is 0.264. The van der Waals surface area contributed by atoms with Crippen LogP contribution in [-0.4, -0.2) is 34.0 Å². The minimum Gasteiger partial charge on any atom is -0.409 e. The van der Waals surface area contributed by atoms with Crippen molar-refractivity contribution in [2.75, 3.05) is 13.1 Å². The Hall–Kier alpha value is -1.62. The van der Waals surface area contributed by atoms with Gasteiger partial charge in [-0.1, -0.05) is 18.1 Å². The Morgan fingerprint density at radius 2 is 2.29 bits per heavy atom. The van der Waals surface area contributed by atoms with Gasteiger partial charge in [-0.05, 0) is 25.6 Å². The van der Waals surface area contributed by atoms with Crippen molar-refractivity contribution in [3.63, 3.8) is 0 Å². The third-order valence-electron chi connectivity index (χ3n) is 2.59. The van der Waals surface area contributed by atoms with E-state index in [4.69, 9.17) is 10.9 Å². The number of aromatic nitrogens is 1. The van der Waals surface area contributed by atoms with Crippen molar-refractivity contribution in [1.29, 1.82) is 0 Å². The van der Waals surface area contributed by atoms with Gasteiger partial charge in [0.25, 0.3) is 0 Å². The van der Waals surface area contributed by atoms with Crippen LogP contribution in [0.25, 0.3) is 0 Å². The molecular weight excluding hydrogens is 216 g/mol. The van der Waals surface area contributed by atoms with Crippen LogP contribution in [0.5, 0.6) is 0 Å². The first kappa shape index (κ1) is 13.4. The Kier molecular flexibility index (Phi) is 5.42. The van der Waals surface area contributed by atoms with Gasteiger partial charge in [0.05, 0.1) is 5.69 Å². The molecule has 5 nitrogen and oxygen atoms in total. The number of nitrogens with zero attached hydrogens (tertiary/aromatic N) is 3. The second-order valence-electron chi connectivity index (χ2n) is 3.98. The minimum absolute atomic E-state index is 0.264. The summed E-state index contributed by atoms with van der Waals surface area (Å²) in [6, 6.07) is 6.00. The van der Waals surface area contributed by atoms with Gasteiger partial charge < -0.3 is 10.9 Å². The molecule has 0 aliphatic carbocycles. The van der Waals surface area contributed by atoms with Crippen LogP contribution in [0.2, 0.25) is 0 Å². The van der Waals surface area contributed by atoms with E-state index in [1.54, 1.807) is 0 Å². The first-order chi connectivity index (χ1) is 8.15. The van der Waals surface area contributed by atoms with Gasteiger partial charge in [0.2, 0.25) is 0 Å². The lowest BCUT2D eigenvalue weighted by Crippen LogP contribution is -2.28. The summed E-state index contributed by atoms with van der Waals surface area (Å²) < 4.78 is 0. The molecule has 1 aromatic rings. The molecule has 0 radical (unpaired) electrons. The molecule has 0 aromatic carbocycles. The predicted molar refractivity (Wildman–Crippen MR) is 68.0 cm³/mol. The van der Waals surface area contributed by atoms with Crippen LogP contribution in [0.15, 0.2) is 23.4 Å². The summed E-state index contributed by atoms with van der Waals surface area (Å²) in [5.74, 6) is 0.264. The fourth-order valence-electron chi connectivity index (χ4n) is 1.59. The molecule has 1 aromatic heterocycles. The summed E-state index contributed by atoms with van der Waals surface area (Å²) in [4.78, 5) is 6.66. The highest BCUT2D eigenvalue weighted by Gasteiger charge is 2.06.